The average molecular weight is 320 g/mol. The maximum absolute atomic E-state index is 12.1. The number of amides is 1. The van der Waals surface area contributed by atoms with Crippen LogP contribution in [-0.4, -0.2) is 22.4 Å². The van der Waals surface area contributed by atoms with Gasteiger partial charge in [0.2, 0.25) is 5.91 Å². The average Bonchev–Trinajstić information content (AvgIpc) is 2.48. The summed E-state index contributed by atoms with van der Waals surface area (Å²) < 4.78 is 0. The van der Waals surface area contributed by atoms with E-state index in [9.17, 15) is 9.59 Å². The molecule has 0 saturated heterocycles. The van der Waals surface area contributed by atoms with Crippen LogP contribution in [0.4, 0.5) is 0 Å². The molecule has 1 amide bonds. The van der Waals surface area contributed by atoms with Gasteiger partial charge >= 0.3 is 0 Å². The van der Waals surface area contributed by atoms with Crippen LogP contribution in [-0.2, 0) is 11.2 Å². The molecule has 116 valence electrons. The number of nitrogens with one attached hydrogen (secondary N) is 2. The number of aromatic nitrogens is 2. The van der Waals surface area contributed by atoms with Gasteiger partial charge in [-0.05, 0) is 30.2 Å². The van der Waals surface area contributed by atoms with Gasteiger partial charge in [-0.2, -0.15) is 0 Å². The molecule has 0 aliphatic rings. The molecule has 0 atom stereocenters. The van der Waals surface area contributed by atoms with Crippen LogP contribution in [0.15, 0.2) is 35.3 Å². The Morgan fingerprint density at radius 1 is 1.32 bits per heavy atom. The minimum atomic E-state index is -0.306. The lowest BCUT2D eigenvalue weighted by Gasteiger charge is -2.07. The van der Waals surface area contributed by atoms with Gasteiger partial charge in [0.1, 0.15) is 5.82 Å². The molecule has 1 heterocycles. The lowest BCUT2D eigenvalue weighted by atomic mass is 10.2. The summed E-state index contributed by atoms with van der Waals surface area (Å²) in [7, 11) is 0. The van der Waals surface area contributed by atoms with Crippen LogP contribution >= 0.6 is 11.6 Å². The molecule has 0 spiro atoms. The summed E-state index contributed by atoms with van der Waals surface area (Å²) in [6.45, 7) is 4.61. The molecule has 22 heavy (non-hydrogen) atoms. The van der Waals surface area contributed by atoms with Gasteiger partial charge in [-0.3, -0.25) is 9.59 Å². The van der Waals surface area contributed by atoms with E-state index in [1.165, 1.54) is 6.20 Å². The minimum absolute atomic E-state index is 0.0238. The number of hydrogen-bond acceptors (Lipinski definition) is 3. The predicted molar refractivity (Wildman–Crippen MR) is 86.9 cm³/mol. The molecular weight excluding hydrogens is 302 g/mol. The summed E-state index contributed by atoms with van der Waals surface area (Å²) in [4.78, 5) is 30.7. The topological polar surface area (TPSA) is 74.8 Å². The van der Waals surface area contributed by atoms with Crippen LogP contribution in [0.25, 0.3) is 11.4 Å². The lowest BCUT2D eigenvalue weighted by Crippen LogP contribution is -2.30. The molecule has 6 heteroatoms. The van der Waals surface area contributed by atoms with Gasteiger partial charge in [0.05, 0.1) is 6.42 Å². The molecule has 1 aromatic heterocycles. The van der Waals surface area contributed by atoms with E-state index in [1.807, 2.05) is 13.8 Å². The molecule has 0 radical (unpaired) electrons. The maximum Gasteiger partial charge on any atom is 0.254 e. The molecule has 2 N–H and O–H groups in total. The van der Waals surface area contributed by atoms with Gasteiger partial charge < -0.3 is 10.3 Å². The van der Waals surface area contributed by atoms with E-state index in [2.05, 4.69) is 15.3 Å². The Hall–Kier alpha value is -2.14. The number of nitrogens with zero attached hydrogens (tertiary/aromatic N) is 1. The molecule has 2 aromatic rings. The number of H-pyrrole nitrogens is 1. The number of hydrogen-bond donors (Lipinski definition) is 2. The van der Waals surface area contributed by atoms with Crippen molar-refractivity contribution in [2.75, 3.05) is 6.54 Å². The highest BCUT2D eigenvalue weighted by Gasteiger charge is 2.09. The standard InChI is InChI=1S/C16H18ClN3O2/c1-10(2)8-18-14(21)7-12-9-19-15(20-16(12)22)11-3-5-13(17)6-4-11/h3-6,9-10H,7-8H2,1-2H3,(H,18,21)(H,19,20,22). The first-order valence-electron chi connectivity index (χ1n) is 7.06. The van der Waals surface area contributed by atoms with Gasteiger partial charge in [0.25, 0.3) is 5.56 Å². The van der Waals surface area contributed by atoms with E-state index in [4.69, 9.17) is 11.6 Å². The first kappa shape index (κ1) is 16.2. The molecule has 0 bridgehead atoms. The zero-order valence-electron chi connectivity index (χ0n) is 12.5. The van der Waals surface area contributed by atoms with Crippen LogP contribution in [0.2, 0.25) is 5.02 Å². The van der Waals surface area contributed by atoms with Crippen LogP contribution in [0.3, 0.4) is 0 Å². The number of rotatable bonds is 5. The molecule has 1 aromatic carbocycles. The highest BCUT2D eigenvalue weighted by molar-refractivity contribution is 6.30. The number of carbonyl (C=O) groups excluding carboxylic acids is 1. The van der Waals surface area contributed by atoms with Gasteiger partial charge in [-0.15, -0.1) is 0 Å². The van der Waals surface area contributed by atoms with Crippen molar-refractivity contribution >= 4 is 17.5 Å². The normalized spacial score (nSPS) is 10.7. The lowest BCUT2D eigenvalue weighted by molar-refractivity contribution is -0.120. The van der Waals surface area contributed by atoms with Crippen molar-refractivity contribution in [2.45, 2.75) is 20.3 Å². The van der Waals surface area contributed by atoms with E-state index in [0.717, 1.165) is 5.56 Å². The summed E-state index contributed by atoms with van der Waals surface area (Å²) in [5.41, 5.74) is 0.802. The molecule has 0 fully saturated rings. The summed E-state index contributed by atoms with van der Waals surface area (Å²) in [6, 6.07) is 7.00. The van der Waals surface area contributed by atoms with Crippen LogP contribution < -0.4 is 10.9 Å². The molecule has 2 rings (SSSR count). The van der Waals surface area contributed by atoms with Gasteiger partial charge in [-0.25, -0.2) is 4.98 Å². The third-order valence-corrected chi connectivity index (χ3v) is 3.30. The zero-order chi connectivity index (χ0) is 16.1. The maximum atomic E-state index is 12.1. The summed E-state index contributed by atoms with van der Waals surface area (Å²) in [6.07, 6.45) is 1.47. The van der Waals surface area contributed by atoms with E-state index < -0.39 is 0 Å². The van der Waals surface area contributed by atoms with E-state index >= 15 is 0 Å². The monoisotopic (exact) mass is 319 g/mol. The summed E-state index contributed by atoms with van der Waals surface area (Å²) in [5.74, 6) is 0.640. The fourth-order valence-corrected chi connectivity index (χ4v) is 1.98. The Morgan fingerprint density at radius 2 is 2.00 bits per heavy atom. The van der Waals surface area contributed by atoms with Crippen molar-refractivity contribution in [3.05, 3.63) is 51.4 Å². The SMILES string of the molecule is CC(C)CNC(=O)Cc1cnc(-c2ccc(Cl)cc2)[nH]c1=O. The third kappa shape index (κ3) is 4.43. The minimum Gasteiger partial charge on any atom is -0.356 e. The number of aromatic amines is 1. The first-order chi connectivity index (χ1) is 10.5. The highest BCUT2D eigenvalue weighted by atomic mass is 35.5. The van der Waals surface area contributed by atoms with Crippen molar-refractivity contribution < 1.29 is 4.79 Å². The Balaban J connectivity index is 2.11. The van der Waals surface area contributed by atoms with Crippen LogP contribution in [0.5, 0.6) is 0 Å². The second-order valence-electron chi connectivity index (χ2n) is 5.47. The number of carbonyl (C=O) groups is 1. The van der Waals surface area contributed by atoms with Crippen LogP contribution in [0.1, 0.15) is 19.4 Å². The van der Waals surface area contributed by atoms with Gasteiger partial charge in [-0.1, -0.05) is 25.4 Å². The molecule has 0 aliphatic carbocycles. The Morgan fingerprint density at radius 3 is 2.59 bits per heavy atom. The molecule has 0 saturated carbocycles. The molecule has 0 unspecified atom stereocenters. The predicted octanol–water partition coefficient (Wildman–Crippen LogP) is 2.40. The zero-order valence-corrected chi connectivity index (χ0v) is 13.3. The fraction of sp³-hybridized carbons (Fsp3) is 0.312. The Bertz CT molecular complexity index is 708. The van der Waals surface area contributed by atoms with Crippen molar-refractivity contribution in [3.8, 4) is 11.4 Å². The van der Waals surface area contributed by atoms with Crippen molar-refractivity contribution in [1.29, 1.82) is 0 Å². The first-order valence-corrected chi connectivity index (χ1v) is 7.44. The van der Waals surface area contributed by atoms with Crippen molar-refractivity contribution in [1.82, 2.24) is 15.3 Å². The summed E-state index contributed by atoms with van der Waals surface area (Å²) >= 11 is 5.83. The molecular formula is C16H18ClN3O2. The quantitative estimate of drug-likeness (QED) is 0.888. The number of halogens is 1. The Labute approximate surface area is 133 Å². The summed E-state index contributed by atoms with van der Waals surface area (Å²) in [5, 5.41) is 3.39. The second kappa shape index (κ2) is 7.22. The second-order valence-corrected chi connectivity index (χ2v) is 5.90. The van der Waals surface area contributed by atoms with Gasteiger partial charge in [0.15, 0.2) is 0 Å². The molecule has 0 aliphatic heterocycles. The number of benzene rings is 1. The van der Waals surface area contributed by atoms with Crippen molar-refractivity contribution in [3.63, 3.8) is 0 Å². The van der Waals surface area contributed by atoms with E-state index in [1.54, 1.807) is 24.3 Å². The van der Waals surface area contributed by atoms with Gasteiger partial charge in [0, 0.05) is 28.9 Å². The Kier molecular flexibility index (Phi) is 5.33. The van der Waals surface area contributed by atoms with Crippen LogP contribution in [0, 0.1) is 5.92 Å². The largest absolute Gasteiger partial charge is 0.356 e. The van der Waals surface area contributed by atoms with Crippen molar-refractivity contribution in [2.24, 2.45) is 5.92 Å². The smallest absolute Gasteiger partial charge is 0.254 e. The third-order valence-electron chi connectivity index (χ3n) is 3.05. The van der Waals surface area contributed by atoms with E-state index in [-0.39, 0.29) is 17.9 Å². The fourth-order valence-electron chi connectivity index (χ4n) is 1.86. The molecule has 5 nitrogen and oxygen atoms in total. The van der Waals surface area contributed by atoms with E-state index in [0.29, 0.717) is 28.9 Å². The highest BCUT2D eigenvalue weighted by Crippen LogP contribution is 2.16.